The van der Waals surface area contributed by atoms with Crippen LogP contribution in [0.3, 0.4) is 0 Å². The highest BCUT2D eigenvalue weighted by Gasteiger charge is 2.22. The molecule has 0 saturated heterocycles. The molecule has 0 N–H and O–H groups in total. The van der Waals surface area contributed by atoms with E-state index >= 15 is 0 Å². The summed E-state index contributed by atoms with van der Waals surface area (Å²) < 4.78 is 4.64. The number of para-hydroxylation sites is 3. The topological polar surface area (TPSA) is 48.5 Å². The standard InChI is InChI=1S/C57H37N5/c1-4-16-38(17-5-1)40-28-32-43(33-29-40)55-58-56(44-34-30-41(31-35-44)39-18-6-2-7-19-39)60-57(59-55)62-52-27-15-12-24-47(52)49-36-48-46-23-11-14-26-51(46)61(53(48)37-54(49)62)50-25-13-10-22-45(50)42-20-8-3-9-21-42/h1-37H. The molecule has 0 unspecified atom stereocenters. The maximum atomic E-state index is 5.33. The molecular formula is C57H37N5. The summed E-state index contributed by atoms with van der Waals surface area (Å²) in [6.45, 7) is 0. The second-order valence-corrected chi connectivity index (χ2v) is 15.6. The molecule has 0 bridgehead atoms. The van der Waals surface area contributed by atoms with Crippen LogP contribution in [0.4, 0.5) is 0 Å². The third-order valence-corrected chi connectivity index (χ3v) is 12.0. The Morgan fingerprint density at radius 1 is 0.258 bits per heavy atom. The van der Waals surface area contributed by atoms with Gasteiger partial charge in [0.2, 0.25) is 5.95 Å². The average Bonchev–Trinajstić information content (AvgIpc) is 3.86. The second-order valence-electron chi connectivity index (χ2n) is 15.6. The average molecular weight is 792 g/mol. The Morgan fingerprint density at radius 3 is 1.21 bits per heavy atom. The summed E-state index contributed by atoms with van der Waals surface area (Å²) in [5.41, 5.74) is 14.2. The maximum absolute atomic E-state index is 5.33. The Balaban J connectivity index is 1.11. The quantitative estimate of drug-likeness (QED) is 0.162. The Kier molecular flexibility index (Phi) is 8.42. The van der Waals surface area contributed by atoms with Gasteiger partial charge in [0.1, 0.15) is 0 Å². The summed E-state index contributed by atoms with van der Waals surface area (Å²) in [5.74, 6) is 1.77. The van der Waals surface area contributed by atoms with Crippen molar-refractivity contribution in [1.82, 2.24) is 24.1 Å². The molecule has 9 aromatic carbocycles. The molecule has 3 heterocycles. The first-order valence-corrected chi connectivity index (χ1v) is 20.9. The number of nitrogens with zero attached hydrogens (tertiary/aromatic N) is 5. The summed E-state index contributed by atoms with van der Waals surface area (Å²) in [4.78, 5) is 15.8. The highest BCUT2D eigenvalue weighted by Crippen LogP contribution is 2.41. The van der Waals surface area contributed by atoms with E-state index in [1.54, 1.807) is 0 Å². The summed E-state index contributed by atoms with van der Waals surface area (Å²) in [7, 11) is 0. The lowest BCUT2D eigenvalue weighted by Crippen LogP contribution is -2.06. The van der Waals surface area contributed by atoms with Crippen LogP contribution >= 0.6 is 0 Å². The molecule has 0 atom stereocenters. The molecule has 5 nitrogen and oxygen atoms in total. The Hall–Kier alpha value is -8.41. The highest BCUT2D eigenvalue weighted by atomic mass is 15.2. The van der Waals surface area contributed by atoms with Crippen molar-refractivity contribution < 1.29 is 0 Å². The molecule has 12 aromatic rings. The third-order valence-electron chi connectivity index (χ3n) is 12.0. The summed E-state index contributed by atoms with van der Waals surface area (Å²) >= 11 is 0. The zero-order chi connectivity index (χ0) is 41.0. The predicted molar refractivity (Wildman–Crippen MR) is 256 cm³/mol. The summed E-state index contributed by atoms with van der Waals surface area (Å²) in [6.07, 6.45) is 0. The fourth-order valence-corrected chi connectivity index (χ4v) is 9.04. The van der Waals surface area contributed by atoms with Gasteiger partial charge in [-0.25, -0.2) is 4.98 Å². The molecule has 12 rings (SSSR count). The van der Waals surface area contributed by atoms with Crippen molar-refractivity contribution in [2.75, 3.05) is 0 Å². The molecule has 62 heavy (non-hydrogen) atoms. The molecular weight excluding hydrogens is 755 g/mol. The lowest BCUT2D eigenvalue weighted by molar-refractivity contribution is 0.953. The fourth-order valence-electron chi connectivity index (χ4n) is 9.04. The van der Waals surface area contributed by atoms with Crippen LogP contribution in [-0.2, 0) is 0 Å². The van der Waals surface area contributed by atoms with Crippen molar-refractivity contribution in [2.45, 2.75) is 0 Å². The van der Waals surface area contributed by atoms with E-state index in [1.165, 1.54) is 21.9 Å². The normalized spacial score (nSPS) is 11.5. The predicted octanol–water partition coefficient (Wildman–Crippen LogP) is 14.4. The van der Waals surface area contributed by atoms with Gasteiger partial charge < -0.3 is 4.57 Å². The van der Waals surface area contributed by atoms with Crippen molar-refractivity contribution in [3.8, 4) is 67.8 Å². The Morgan fingerprint density at radius 2 is 0.661 bits per heavy atom. The van der Waals surface area contributed by atoms with Crippen LogP contribution in [0.25, 0.3) is 111 Å². The lowest BCUT2D eigenvalue weighted by Gasteiger charge is -2.14. The molecule has 0 amide bonds. The first kappa shape index (κ1) is 35.5. The SMILES string of the molecule is c1ccc(-c2ccc(-c3nc(-c4ccc(-c5ccccc5)cc4)nc(-n4c5ccccc5c5cc6c7ccccc7n(-c7ccccc7-c7ccccc7)c6cc54)n3)cc2)cc1. The number of rotatable bonds is 7. The van der Waals surface area contributed by atoms with Crippen LogP contribution in [0.1, 0.15) is 0 Å². The van der Waals surface area contributed by atoms with Crippen LogP contribution in [0, 0.1) is 0 Å². The first-order valence-electron chi connectivity index (χ1n) is 20.9. The number of hydrogen-bond donors (Lipinski definition) is 0. The Labute approximate surface area is 358 Å². The van der Waals surface area contributed by atoms with Gasteiger partial charge in [0.25, 0.3) is 0 Å². The second kappa shape index (κ2) is 14.7. The van der Waals surface area contributed by atoms with Crippen molar-refractivity contribution in [3.63, 3.8) is 0 Å². The van der Waals surface area contributed by atoms with Gasteiger partial charge in [-0.05, 0) is 58.1 Å². The van der Waals surface area contributed by atoms with Gasteiger partial charge in [0, 0.05) is 38.2 Å². The largest absolute Gasteiger partial charge is 0.309 e. The van der Waals surface area contributed by atoms with Crippen LogP contribution in [-0.4, -0.2) is 24.1 Å². The molecule has 0 saturated carbocycles. The van der Waals surface area contributed by atoms with Crippen LogP contribution in [0.5, 0.6) is 0 Å². The van der Waals surface area contributed by atoms with Gasteiger partial charge >= 0.3 is 0 Å². The van der Waals surface area contributed by atoms with Crippen molar-refractivity contribution in [1.29, 1.82) is 0 Å². The van der Waals surface area contributed by atoms with E-state index in [-0.39, 0.29) is 0 Å². The molecule has 0 radical (unpaired) electrons. The van der Waals surface area contributed by atoms with Gasteiger partial charge in [-0.15, -0.1) is 0 Å². The van der Waals surface area contributed by atoms with Crippen LogP contribution < -0.4 is 0 Å². The zero-order valence-corrected chi connectivity index (χ0v) is 33.6. The minimum absolute atomic E-state index is 0.558. The van der Waals surface area contributed by atoms with E-state index in [4.69, 9.17) is 15.0 Å². The minimum Gasteiger partial charge on any atom is -0.309 e. The van der Waals surface area contributed by atoms with Crippen molar-refractivity contribution in [2.24, 2.45) is 0 Å². The molecule has 3 aromatic heterocycles. The molecule has 0 fully saturated rings. The van der Waals surface area contributed by atoms with Gasteiger partial charge in [0.15, 0.2) is 11.6 Å². The van der Waals surface area contributed by atoms with E-state index in [0.29, 0.717) is 17.6 Å². The molecule has 0 spiro atoms. The lowest BCUT2D eigenvalue weighted by atomic mass is 10.0. The minimum atomic E-state index is 0.558. The van der Waals surface area contributed by atoms with Gasteiger partial charge in [-0.2, -0.15) is 9.97 Å². The van der Waals surface area contributed by atoms with E-state index < -0.39 is 0 Å². The molecule has 5 heteroatoms. The van der Waals surface area contributed by atoms with Gasteiger partial charge in [-0.3, -0.25) is 4.57 Å². The number of benzene rings is 9. The Bertz CT molecular complexity index is 3490. The van der Waals surface area contributed by atoms with E-state index in [9.17, 15) is 0 Å². The highest BCUT2D eigenvalue weighted by molar-refractivity contribution is 6.19. The van der Waals surface area contributed by atoms with E-state index in [2.05, 4.69) is 221 Å². The summed E-state index contributed by atoms with van der Waals surface area (Å²) in [6, 6.07) is 79.3. The number of aromatic nitrogens is 5. The monoisotopic (exact) mass is 791 g/mol. The van der Waals surface area contributed by atoms with Crippen molar-refractivity contribution >= 4 is 43.6 Å². The van der Waals surface area contributed by atoms with E-state index in [0.717, 1.165) is 71.9 Å². The molecule has 0 aliphatic heterocycles. The first-order chi connectivity index (χ1) is 30.7. The van der Waals surface area contributed by atoms with Gasteiger partial charge in [0.05, 0.1) is 27.8 Å². The molecule has 0 aliphatic rings. The molecule has 0 aliphatic carbocycles. The smallest absolute Gasteiger partial charge is 0.238 e. The van der Waals surface area contributed by atoms with Gasteiger partial charge in [-0.1, -0.05) is 194 Å². The number of fused-ring (bicyclic) bond motifs is 6. The fraction of sp³-hybridized carbons (Fsp3) is 0. The maximum Gasteiger partial charge on any atom is 0.238 e. The summed E-state index contributed by atoms with van der Waals surface area (Å²) in [5, 5.41) is 4.66. The zero-order valence-electron chi connectivity index (χ0n) is 33.6. The van der Waals surface area contributed by atoms with Crippen LogP contribution in [0.2, 0.25) is 0 Å². The number of hydrogen-bond acceptors (Lipinski definition) is 3. The van der Waals surface area contributed by atoms with E-state index in [1.807, 2.05) is 12.1 Å². The van der Waals surface area contributed by atoms with Crippen molar-refractivity contribution in [3.05, 3.63) is 224 Å². The van der Waals surface area contributed by atoms with Crippen LogP contribution in [0.15, 0.2) is 224 Å². The third kappa shape index (κ3) is 5.98. The molecule has 290 valence electrons.